The molecule has 1 heterocycles. The second-order valence-corrected chi connectivity index (χ2v) is 4.64. The summed E-state index contributed by atoms with van der Waals surface area (Å²) in [5.41, 5.74) is 0. The van der Waals surface area contributed by atoms with E-state index >= 15 is 0 Å². The summed E-state index contributed by atoms with van der Waals surface area (Å²) in [5, 5.41) is 0. The molecule has 0 radical (unpaired) electrons. The summed E-state index contributed by atoms with van der Waals surface area (Å²) in [5.74, 6) is 0.182. The van der Waals surface area contributed by atoms with Crippen molar-refractivity contribution in [3.8, 4) is 0 Å². The van der Waals surface area contributed by atoms with Crippen LogP contribution in [0.4, 0.5) is 0 Å². The number of fused-ring (bicyclic) bond motifs is 1. The average molecular weight is 195 g/mol. The lowest BCUT2D eigenvalue weighted by Gasteiger charge is -2.19. The van der Waals surface area contributed by atoms with Gasteiger partial charge in [-0.2, -0.15) is 0 Å². The highest BCUT2D eigenvalue weighted by atomic mass is 16.2. The Morgan fingerprint density at radius 3 is 1.86 bits per heavy atom. The lowest BCUT2D eigenvalue weighted by molar-refractivity contribution is -0.141. The quantitative estimate of drug-likeness (QED) is 0.595. The van der Waals surface area contributed by atoms with E-state index in [0.29, 0.717) is 0 Å². The molecular formula is C11H17NO2. The Morgan fingerprint density at radius 1 is 1.07 bits per heavy atom. The zero-order valence-corrected chi connectivity index (χ0v) is 8.82. The van der Waals surface area contributed by atoms with E-state index in [4.69, 9.17) is 0 Å². The van der Waals surface area contributed by atoms with Crippen LogP contribution in [-0.4, -0.2) is 22.8 Å². The summed E-state index contributed by atoms with van der Waals surface area (Å²) in [6.45, 7) is 3.82. The van der Waals surface area contributed by atoms with Gasteiger partial charge in [-0.25, -0.2) is 0 Å². The number of likely N-dealkylation sites (tertiary alicyclic amines) is 1. The van der Waals surface area contributed by atoms with Crippen molar-refractivity contribution in [1.29, 1.82) is 0 Å². The maximum absolute atomic E-state index is 11.9. The molecule has 2 amide bonds. The Morgan fingerprint density at radius 2 is 1.50 bits per heavy atom. The van der Waals surface area contributed by atoms with Gasteiger partial charge < -0.3 is 0 Å². The maximum Gasteiger partial charge on any atom is 0.233 e. The van der Waals surface area contributed by atoms with E-state index in [0.717, 1.165) is 25.7 Å². The molecule has 14 heavy (non-hydrogen) atoms. The number of hydrogen-bond donors (Lipinski definition) is 0. The first-order chi connectivity index (χ1) is 6.63. The molecule has 2 fully saturated rings. The second-order valence-electron chi connectivity index (χ2n) is 4.64. The highest BCUT2D eigenvalue weighted by molar-refractivity contribution is 6.05. The smallest absolute Gasteiger partial charge is 0.233 e. The van der Waals surface area contributed by atoms with Gasteiger partial charge in [0, 0.05) is 6.04 Å². The minimum Gasteiger partial charge on any atom is -0.280 e. The molecule has 0 aromatic rings. The van der Waals surface area contributed by atoms with Gasteiger partial charge in [-0.05, 0) is 26.7 Å². The van der Waals surface area contributed by atoms with Crippen LogP contribution in [0, 0.1) is 11.8 Å². The van der Waals surface area contributed by atoms with E-state index in [2.05, 4.69) is 0 Å². The van der Waals surface area contributed by atoms with Crippen molar-refractivity contribution < 1.29 is 9.59 Å². The molecule has 2 aliphatic rings. The van der Waals surface area contributed by atoms with Crippen LogP contribution in [0.15, 0.2) is 0 Å². The van der Waals surface area contributed by atoms with Crippen molar-refractivity contribution in [2.75, 3.05) is 0 Å². The van der Waals surface area contributed by atoms with E-state index in [1.165, 1.54) is 4.90 Å². The number of rotatable bonds is 1. The van der Waals surface area contributed by atoms with Gasteiger partial charge in [0.1, 0.15) is 0 Å². The van der Waals surface area contributed by atoms with Crippen LogP contribution in [0.3, 0.4) is 0 Å². The van der Waals surface area contributed by atoms with Gasteiger partial charge in [-0.3, -0.25) is 14.5 Å². The second kappa shape index (κ2) is 3.37. The molecule has 1 saturated carbocycles. The molecule has 0 spiro atoms. The van der Waals surface area contributed by atoms with Crippen LogP contribution in [0.5, 0.6) is 0 Å². The average Bonchev–Trinajstić information content (AvgIpc) is 2.41. The Hall–Kier alpha value is -0.860. The third-order valence-electron chi connectivity index (χ3n) is 3.39. The van der Waals surface area contributed by atoms with Crippen LogP contribution in [0.2, 0.25) is 0 Å². The van der Waals surface area contributed by atoms with Crippen molar-refractivity contribution in [3.63, 3.8) is 0 Å². The fourth-order valence-electron chi connectivity index (χ4n) is 2.70. The molecule has 0 bridgehead atoms. The predicted molar refractivity (Wildman–Crippen MR) is 52.4 cm³/mol. The molecule has 1 aliphatic heterocycles. The van der Waals surface area contributed by atoms with Gasteiger partial charge in [0.15, 0.2) is 0 Å². The number of carbonyl (C=O) groups is 2. The first-order valence-electron chi connectivity index (χ1n) is 5.50. The number of carbonyl (C=O) groups excluding carboxylic acids is 2. The predicted octanol–water partition coefficient (Wildman–Crippen LogP) is 1.57. The monoisotopic (exact) mass is 195 g/mol. The zero-order valence-electron chi connectivity index (χ0n) is 8.82. The number of hydrogen-bond acceptors (Lipinski definition) is 2. The van der Waals surface area contributed by atoms with Crippen molar-refractivity contribution >= 4 is 11.8 Å². The number of amides is 2. The van der Waals surface area contributed by atoms with Crippen LogP contribution < -0.4 is 0 Å². The van der Waals surface area contributed by atoms with Crippen LogP contribution in [0.25, 0.3) is 0 Å². The summed E-state index contributed by atoms with van der Waals surface area (Å²) >= 11 is 0. The van der Waals surface area contributed by atoms with Gasteiger partial charge in [0.25, 0.3) is 0 Å². The molecule has 3 nitrogen and oxygen atoms in total. The third-order valence-corrected chi connectivity index (χ3v) is 3.39. The maximum atomic E-state index is 11.9. The van der Waals surface area contributed by atoms with Crippen LogP contribution in [0.1, 0.15) is 39.5 Å². The summed E-state index contributed by atoms with van der Waals surface area (Å²) < 4.78 is 0. The normalized spacial score (nSPS) is 32.6. The van der Waals surface area contributed by atoms with E-state index in [1.54, 1.807) is 0 Å². The van der Waals surface area contributed by atoms with E-state index in [1.807, 2.05) is 13.8 Å². The van der Waals surface area contributed by atoms with Crippen LogP contribution in [-0.2, 0) is 9.59 Å². The standard InChI is InChI=1S/C11H17NO2/c1-7(2)12-10(13)8-5-3-4-6-9(8)11(12)14/h7-9H,3-6H2,1-2H3. The Balaban J connectivity index is 2.24. The highest BCUT2D eigenvalue weighted by Gasteiger charge is 2.48. The summed E-state index contributed by atoms with van der Waals surface area (Å²) in [7, 11) is 0. The SMILES string of the molecule is CC(C)N1C(=O)C2CCCCC2C1=O. The van der Waals surface area contributed by atoms with Gasteiger partial charge in [0.05, 0.1) is 11.8 Å². The van der Waals surface area contributed by atoms with Gasteiger partial charge in [0.2, 0.25) is 11.8 Å². The van der Waals surface area contributed by atoms with Gasteiger partial charge in [-0.15, -0.1) is 0 Å². The first kappa shape index (κ1) is 9.69. The minimum absolute atomic E-state index is 0.0126. The van der Waals surface area contributed by atoms with Crippen LogP contribution >= 0.6 is 0 Å². The topological polar surface area (TPSA) is 37.4 Å². The Bertz CT molecular complexity index is 248. The third kappa shape index (κ3) is 1.26. The van der Waals surface area contributed by atoms with Crippen molar-refractivity contribution in [2.24, 2.45) is 11.8 Å². The Kier molecular flexibility index (Phi) is 2.33. The summed E-state index contributed by atoms with van der Waals surface area (Å²) in [6, 6.07) is 0.0283. The summed E-state index contributed by atoms with van der Waals surface area (Å²) in [6.07, 6.45) is 4.04. The van der Waals surface area contributed by atoms with Crippen molar-refractivity contribution in [3.05, 3.63) is 0 Å². The fourth-order valence-corrected chi connectivity index (χ4v) is 2.70. The van der Waals surface area contributed by atoms with Gasteiger partial charge in [-0.1, -0.05) is 12.8 Å². The summed E-state index contributed by atoms with van der Waals surface area (Å²) in [4.78, 5) is 25.3. The molecule has 1 aliphatic carbocycles. The van der Waals surface area contributed by atoms with E-state index in [9.17, 15) is 9.59 Å². The molecule has 78 valence electrons. The lowest BCUT2D eigenvalue weighted by atomic mass is 9.81. The van der Waals surface area contributed by atoms with E-state index in [-0.39, 0.29) is 29.7 Å². The molecule has 0 aromatic heterocycles. The molecule has 1 saturated heterocycles. The zero-order chi connectivity index (χ0) is 10.3. The molecular weight excluding hydrogens is 178 g/mol. The first-order valence-corrected chi connectivity index (χ1v) is 5.50. The Labute approximate surface area is 84.5 Å². The lowest BCUT2D eigenvalue weighted by Crippen LogP contribution is -2.37. The number of nitrogens with zero attached hydrogens (tertiary/aromatic N) is 1. The molecule has 2 unspecified atom stereocenters. The van der Waals surface area contributed by atoms with Crippen molar-refractivity contribution in [1.82, 2.24) is 4.90 Å². The number of imide groups is 1. The van der Waals surface area contributed by atoms with Crippen molar-refractivity contribution in [2.45, 2.75) is 45.6 Å². The largest absolute Gasteiger partial charge is 0.280 e. The molecule has 0 aromatic carbocycles. The molecule has 2 atom stereocenters. The molecule has 3 heteroatoms. The molecule has 0 N–H and O–H groups in total. The minimum atomic E-state index is 0.0126. The van der Waals surface area contributed by atoms with Gasteiger partial charge >= 0.3 is 0 Å². The highest BCUT2D eigenvalue weighted by Crippen LogP contribution is 2.38. The van der Waals surface area contributed by atoms with E-state index < -0.39 is 0 Å². The molecule has 2 rings (SSSR count). The fraction of sp³-hybridized carbons (Fsp3) is 0.818.